The van der Waals surface area contributed by atoms with E-state index in [-0.39, 0.29) is 17.6 Å². The minimum absolute atomic E-state index is 0.00705. The third-order valence-electron chi connectivity index (χ3n) is 4.29. The zero-order valence-electron chi connectivity index (χ0n) is 12.1. The lowest BCUT2D eigenvalue weighted by Crippen LogP contribution is -2.44. The van der Waals surface area contributed by atoms with Gasteiger partial charge >= 0.3 is 0 Å². The summed E-state index contributed by atoms with van der Waals surface area (Å²) in [5, 5.41) is 1.80. The summed E-state index contributed by atoms with van der Waals surface area (Å²) in [6, 6.07) is 6.55. The van der Waals surface area contributed by atoms with Gasteiger partial charge in [-0.05, 0) is 43.2 Å². The van der Waals surface area contributed by atoms with Crippen LogP contribution in [0.5, 0.6) is 0 Å². The van der Waals surface area contributed by atoms with E-state index in [0.717, 1.165) is 25.7 Å². The number of benzene rings is 1. The second-order valence-corrected chi connectivity index (χ2v) is 8.26. The van der Waals surface area contributed by atoms with Gasteiger partial charge in [-0.15, -0.1) is 0 Å². The minimum atomic E-state index is -3.21. The van der Waals surface area contributed by atoms with Gasteiger partial charge in [0.2, 0.25) is 5.91 Å². The van der Waals surface area contributed by atoms with Crippen LogP contribution in [-0.2, 0) is 14.6 Å². The van der Waals surface area contributed by atoms with E-state index < -0.39 is 15.9 Å². The van der Waals surface area contributed by atoms with Crippen LogP contribution in [0.1, 0.15) is 25.7 Å². The maximum Gasteiger partial charge on any atom is 0.230 e. The molecule has 1 unspecified atom stereocenters. The van der Waals surface area contributed by atoms with Crippen LogP contribution < -0.4 is 4.90 Å². The summed E-state index contributed by atoms with van der Waals surface area (Å²) < 4.78 is 23.5. The van der Waals surface area contributed by atoms with Gasteiger partial charge in [-0.3, -0.25) is 4.79 Å². The standard InChI is InChI=1S/C16H18ClNO3S/c17-13-5-7-14(8-6-13)18(15-9-10-22(20,21)11-15)16(19)12-3-1-2-4-12/h5-10,12,15H,1-4,11H2. The summed E-state index contributed by atoms with van der Waals surface area (Å²) >= 11 is 5.91. The highest BCUT2D eigenvalue weighted by Gasteiger charge is 2.35. The molecule has 0 radical (unpaired) electrons. The van der Waals surface area contributed by atoms with Gasteiger partial charge in [0.05, 0.1) is 11.8 Å². The van der Waals surface area contributed by atoms with Gasteiger partial charge in [0.1, 0.15) is 0 Å². The Labute approximate surface area is 135 Å². The first kappa shape index (κ1) is 15.6. The monoisotopic (exact) mass is 339 g/mol. The van der Waals surface area contributed by atoms with Gasteiger partial charge in [0, 0.05) is 22.0 Å². The predicted molar refractivity (Wildman–Crippen MR) is 87.6 cm³/mol. The summed E-state index contributed by atoms with van der Waals surface area (Å²) in [5.74, 6) is -0.0346. The van der Waals surface area contributed by atoms with Gasteiger partial charge in [-0.25, -0.2) is 8.42 Å². The Balaban J connectivity index is 1.93. The number of carbonyl (C=O) groups excluding carboxylic acids is 1. The first-order chi connectivity index (χ1) is 10.5. The maximum absolute atomic E-state index is 12.9. The molecule has 1 saturated carbocycles. The molecule has 0 aromatic heterocycles. The number of nitrogens with zero attached hydrogens (tertiary/aromatic N) is 1. The van der Waals surface area contributed by atoms with Crippen molar-refractivity contribution in [2.45, 2.75) is 31.7 Å². The number of amides is 1. The Morgan fingerprint density at radius 1 is 1.14 bits per heavy atom. The van der Waals surface area contributed by atoms with Crippen LogP contribution in [0.2, 0.25) is 5.02 Å². The summed E-state index contributed by atoms with van der Waals surface area (Å²) in [7, 11) is -3.21. The fourth-order valence-electron chi connectivity index (χ4n) is 3.17. The van der Waals surface area contributed by atoms with Crippen LogP contribution in [0.3, 0.4) is 0 Å². The smallest absolute Gasteiger partial charge is 0.230 e. The van der Waals surface area contributed by atoms with E-state index in [1.54, 1.807) is 35.2 Å². The number of anilines is 1. The molecule has 1 aliphatic carbocycles. The molecule has 1 fully saturated rings. The zero-order valence-corrected chi connectivity index (χ0v) is 13.7. The van der Waals surface area contributed by atoms with E-state index in [9.17, 15) is 13.2 Å². The molecule has 0 saturated heterocycles. The fraction of sp³-hybridized carbons (Fsp3) is 0.438. The van der Waals surface area contributed by atoms with Crippen LogP contribution in [0.4, 0.5) is 5.69 Å². The van der Waals surface area contributed by atoms with Gasteiger partial charge < -0.3 is 4.90 Å². The van der Waals surface area contributed by atoms with Crippen molar-refractivity contribution in [2.24, 2.45) is 5.92 Å². The highest BCUT2D eigenvalue weighted by atomic mass is 35.5. The quantitative estimate of drug-likeness (QED) is 0.850. The van der Waals surface area contributed by atoms with Crippen LogP contribution >= 0.6 is 11.6 Å². The molecule has 1 aromatic carbocycles. The molecule has 0 N–H and O–H groups in total. The van der Waals surface area contributed by atoms with Crippen LogP contribution in [-0.4, -0.2) is 26.1 Å². The molecular weight excluding hydrogens is 322 g/mol. The third-order valence-corrected chi connectivity index (χ3v) is 5.92. The molecule has 118 valence electrons. The highest BCUT2D eigenvalue weighted by molar-refractivity contribution is 7.94. The fourth-order valence-corrected chi connectivity index (χ4v) is 4.57. The largest absolute Gasteiger partial charge is 0.304 e. The van der Waals surface area contributed by atoms with E-state index in [2.05, 4.69) is 0 Å². The molecule has 1 heterocycles. The number of sulfone groups is 1. The van der Waals surface area contributed by atoms with Crippen molar-refractivity contribution in [1.29, 1.82) is 0 Å². The van der Waals surface area contributed by atoms with Gasteiger partial charge in [-0.2, -0.15) is 0 Å². The Morgan fingerprint density at radius 2 is 1.77 bits per heavy atom. The summed E-state index contributed by atoms with van der Waals surface area (Å²) in [6.45, 7) is 0. The lowest BCUT2D eigenvalue weighted by atomic mass is 10.0. The molecule has 6 heteroatoms. The minimum Gasteiger partial charge on any atom is -0.304 e. The molecule has 1 aliphatic heterocycles. The van der Waals surface area contributed by atoms with Gasteiger partial charge in [-0.1, -0.05) is 24.4 Å². The first-order valence-corrected chi connectivity index (χ1v) is 9.55. The topological polar surface area (TPSA) is 54.5 Å². The van der Waals surface area contributed by atoms with E-state index >= 15 is 0 Å². The molecular formula is C16H18ClNO3S. The lowest BCUT2D eigenvalue weighted by Gasteiger charge is -2.30. The molecule has 3 rings (SSSR count). The zero-order chi connectivity index (χ0) is 15.7. The average Bonchev–Trinajstić information content (AvgIpc) is 3.11. The summed E-state index contributed by atoms with van der Waals surface area (Å²) in [4.78, 5) is 14.5. The average molecular weight is 340 g/mol. The normalized spacial score (nSPS) is 23.8. The molecule has 0 bridgehead atoms. The third kappa shape index (κ3) is 3.20. The molecule has 4 nitrogen and oxygen atoms in total. The molecule has 1 aromatic rings. The maximum atomic E-state index is 12.9. The van der Waals surface area contributed by atoms with Crippen molar-refractivity contribution in [1.82, 2.24) is 0 Å². The van der Waals surface area contributed by atoms with Crippen molar-refractivity contribution in [2.75, 3.05) is 10.7 Å². The first-order valence-electron chi connectivity index (χ1n) is 7.46. The van der Waals surface area contributed by atoms with Crippen molar-refractivity contribution >= 4 is 33.0 Å². The molecule has 0 spiro atoms. The molecule has 1 atom stereocenters. The van der Waals surface area contributed by atoms with Crippen LogP contribution in [0.25, 0.3) is 0 Å². The van der Waals surface area contributed by atoms with Crippen molar-refractivity contribution in [3.63, 3.8) is 0 Å². The van der Waals surface area contributed by atoms with Crippen molar-refractivity contribution < 1.29 is 13.2 Å². The van der Waals surface area contributed by atoms with Crippen molar-refractivity contribution in [3.05, 3.63) is 40.8 Å². The Hall–Kier alpha value is -1.33. The summed E-state index contributed by atoms with van der Waals surface area (Å²) in [6.07, 6.45) is 5.49. The summed E-state index contributed by atoms with van der Waals surface area (Å²) in [5.41, 5.74) is 0.702. The number of hydrogen-bond acceptors (Lipinski definition) is 3. The van der Waals surface area contributed by atoms with E-state index in [1.807, 2.05) is 0 Å². The number of hydrogen-bond donors (Lipinski definition) is 0. The van der Waals surface area contributed by atoms with Gasteiger partial charge in [0.25, 0.3) is 0 Å². The molecule has 22 heavy (non-hydrogen) atoms. The second-order valence-electron chi connectivity index (χ2n) is 5.89. The van der Waals surface area contributed by atoms with Gasteiger partial charge in [0.15, 0.2) is 9.84 Å². The Kier molecular flexibility index (Phi) is 4.28. The van der Waals surface area contributed by atoms with Crippen LogP contribution in [0.15, 0.2) is 35.7 Å². The van der Waals surface area contributed by atoms with E-state index in [4.69, 9.17) is 11.6 Å². The number of carbonyl (C=O) groups is 1. The molecule has 1 amide bonds. The lowest BCUT2D eigenvalue weighted by molar-refractivity contribution is -0.122. The van der Waals surface area contributed by atoms with Crippen LogP contribution in [0, 0.1) is 5.92 Å². The Bertz CT molecular complexity index is 691. The Morgan fingerprint density at radius 3 is 2.32 bits per heavy atom. The van der Waals surface area contributed by atoms with E-state index in [0.29, 0.717) is 10.7 Å². The SMILES string of the molecule is O=C(C1CCCC1)N(c1ccc(Cl)cc1)C1C=CS(=O)(=O)C1. The molecule has 2 aliphatic rings. The van der Waals surface area contributed by atoms with Crippen molar-refractivity contribution in [3.8, 4) is 0 Å². The number of rotatable bonds is 3. The number of halogens is 1. The predicted octanol–water partition coefficient (Wildman–Crippen LogP) is 3.17. The highest BCUT2D eigenvalue weighted by Crippen LogP contribution is 2.31. The second kappa shape index (κ2) is 6.05. The van der Waals surface area contributed by atoms with E-state index in [1.165, 1.54) is 5.41 Å².